The fourth-order valence-corrected chi connectivity index (χ4v) is 11.9. The van der Waals surface area contributed by atoms with Crippen LogP contribution in [0.25, 0.3) is 72.8 Å². The van der Waals surface area contributed by atoms with E-state index in [1.54, 1.807) is 0 Å². The maximum Gasteiger partial charge on any atom is 0.252 e. The predicted molar refractivity (Wildman–Crippen MR) is 323 cm³/mol. The lowest BCUT2D eigenvalue weighted by Crippen LogP contribution is -2.61. The molecule has 14 rings (SSSR count). The van der Waals surface area contributed by atoms with Crippen molar-refractivity contribution in [3.8, 4) is 69.2 Å². The number of nitriles is 3. The summed E-state index contributed by atoms with van der Waals surface area (Å²) in [6.07, 6.45) is 0. The molecule has 10 heteroatoms. The zero-order valence-electron chi connectivity index (χ0n) is 44.0. The lowest BCUT2D eigenvalue weighted by molar-refractivity contribution is 0.591. The van der Waals surface area contributed by atoms with Crippen molar-refractivity contribution in [2.75, 3.05) is 9.80 Å². The number of hydrogen-bond donors (Lipinski definition) is 0. The molecular weight excluding hydrogens is 978 g/mol. The highest BCUT2D eigenvalue weighted by atomic mass is 15.2. The topological polar surface area (TPSA) is 121 Å². The molecule has 0 radical (unpaired) electrons. The van der Waals surface area contributed by atoms with Gasteiger partial charge in [-0.3, -0.25) is 0 Å². The lowest BCUT2D eigenvalue weighted by Gasteiger charge is -2.44. The summed E-state index contributed by atoms with van der Waals surface area (Å²) in [5.41, 5.74) is 18.8. The molecule has 0 N–H and O–H groups in total. The van der Waals surface area contributed by atoms with E-state index in [4.69, 9.17) is 15.0 Å². The largest absolute Gasteiger partial charge is 0.311 e. The van der Waals surface area contributed by atoms with Crippen LogP contribution in [0.3, 0.4) is 0 Å². The van der Waals surface area contributed by atoms with E-state index in [0.717, 1.165) is 100 Å². The van der Waals surface area contributed by atoms with Gasteiger partial charge in [0.1, 0.15) is 0 Å². The monoisotopic (exact) mass is 1020 g/mol. The maximum atomic E-state index is 10.5. The van der Waals surface area contributed by atoms with E-state index in [1.807, 2.05) is 115 Å². The first-order valence-electron chi connectivity index (χ1n) is 26.6. The molecule has 0 saturated heterocycles. The number of rotatable bonds is 7. The summed E-state index contributed by atoms with van der Waals surface area (Å²) in [5, 5.41) is 33.4. The molecule has 0 fully saturated rings. The maximum absolute atomic E-state index is 10.5. The first-order chi connectivity index (χ1) is 39.1. The van der Waals surface area contributed by atoms with Crippen molar-refractivity contribution in [3.05, 3.63) is 247 Å². The first-order valence-corrected chi connectivity index (χ1v) is 26.6. The highest BCUT2D eigenvalue weighted by molar-refractivity contribution is 7.00. The van der Waals surface area contributed by atoms with E-state index in [9.17, 15) is 15.8 Å². The van der Waals surface area contributed by atoms with Gasteiger partial charge in [-0.05, 0) is 148 Å². The molecule has 0 unspecified atom stereocenters. The standard InChI is InChI=1S/C70H46BN9/c1-70(2,3)51-28-29-54-55-37-49(27-33-59(55)80(63(54)40-51)60-30-24-44(41-72)34-56(60)69-76-67(47-16-8-4-9-17-47)75-68(77-69)48-18-10-5-11-19-48)50-38-64-66-65(39-50)79(53-22-14-7-15-23-53)62-32-26-46(43-74)36-58(62)71(66)57-35-45(42-73)25-31-61(57)78(64)52-20-12-6-13-21-52/h4-40H,1-3H3. The molecule has 2 aliphatic rings. The smallest absolute Gasteiger partial charge is 0.252 e. The SMILES string of the molecule is CC(C)(C)c1ccc2c3cc(-c4cc5c6c(c4)N(c4ccccc4)c4ccc(C#N)cc4B6c4cc(C#N)ccc4N5c4ccccc4)ccc3n(-c3ccc(C#N)cc3-c3nc(-c4ccccc4)nc(-c4ccccc4)n3)c2c1. The van der Waals surface area contributed by atoms with Crippen LogP contribution >= 0.6 is 0 Å². The molecule has 9 nitrogen and oxygen atoms in total. The zero-order chi connectivity index (χ0) is 54.2. The predicted octanol–water partition coefficient (Wildman–Crippen LogP) is 14.6. The molecule has 0 amide bonds. The second-order valence-electron chi connectivity index (χ2n) is 21.4. The van der Waals surface area contributed by atoms with Gasteiger partial charge in [0, 0.05) is 61.6 Å². The van der Waals surface area contributed by atoms with Gasteiger partial charge in [-0.2, -0.15) is 15.8 Å². The van der Waals surface area contributed by atoms with Crippen LogP contribution in [0.1, 0.15) is 43.0 Å². The Balaban J connectivity index is 1.04. The van der Waals surface area contributed by atoms with Crippen molar-refractivity contribution < 1.29 is 0 Å². The van der Waals surface area contributed by atoms with Crippen molar-refractivity contribution in [2.24, 2.45) is 0 Å². The Kier molecular flexibility index (Phi) is 11.1. The van der Waals surface area contributed by atoms with Crippen LogP contribution in [-0.4, -0.2) is 26.2 Å². The van der Waals surface area contributed by atoms with Gasteiger partial charge < -0.3 is 14.4 Å². The molecule has 0 spiro atoms. The van der Waals surface area contributed by atoms with Crippen LogP contribution in [0.15, 0.2) is 224 Å². The van der Waals surface area contributed by atoms with Gasteiger partial charge >= 0.3 is 0 Å². The Labute approximate surface area is 463 Å². The van der Waals surface area contributed by atoms with Gasteiger partial charge in [0.15, 0.2) is 17.5 Å². The fourth-order valence-electron chi connectivity index (χ4n) is 11.9. The average Bonchev–Trinajstić information content (AvgIpc) is 4.00. The van der Waals surface area contributed by atoms with Gasteiger partial charge in [0.2, 0.25) is 0 Å². The first kappa shape index (κ1) is 47.6. The Morgan fingerprint density at radius 1 is 0.388 bits per heavy atom. The van der Waals surface area contributed by atoms with Crippen molar-refractivity contribution in [1.29, 1.82) is 15.8 Å². The van der Waals surface area contributed by atoms with Crippen molar-refractivity contribution in [3.63, 3.8) is 0 Å². The minimum Gasteiger partial charge on any atom is -0.311 e. The van der Waals surface area contributed by atoms with E-state index in [2.05, 4.69) is 163 Å². The quantitative estimate of drug-likeness (QED) is 0.145. The van der Waals surface area contributed by atoms with E-state index < -0.39 is 0 Å². The normalized spacial score (nSPS) is 12.3. The highest BCUT2D eigenvalue weighted by Gasteiger charge is 2.44. The number of hydrogen-bond acceptors (Lipinski definition) is 8. The van der Waals surface area contributed by atoms with Crippen LogP contribution in [0.4, 0.5) is 34.1 Å². The minimum atomic E-state index is -0.295. The van der Waals surface area contributed by atoms with Gasteiger partial charge in [-0.1, -0.05) is 136 Å². The number of nitrogens with zero attached hydrogens (tertiary/aromatic N) is 9. The Hall–Kier alpha value is -10.9. The van der Waals surface area contributed by atoms with Crippen molar-refractivity contribution >= 4 is 79.0 Å². The highest BCUT2D eigenvalue weighted by Crippen LogP contribution is 2.47. The summed E-state index contributed by atoms with van der Waals surface area (Å²) < 4.78 is 2.31. The summed E-state index contributed by atoms with van der Waals surface area (Å²) in [4.78, 5) is 20.1. The Morgan fingerprint density at radius 3 is 1.39 bits per heavy atom. The molecule has 10 aromatic carbocycles. The summed E-state index contributed by atoms with van der Waals surface area (Å²) >= 11 is 0. The molecule has 12 aromatic rings. The molecule has 2 aliphatic heterocycles. The Bertz CT molecular complexity index is 4440. The van der Waals surface area contributed by atoms with E-state index in [1.165, 1.54) is 5.56 Å². The molecule has 80 heavy (non-hydrogen) atoms. The molecule has 0 saturated carbocycles. The summed E-state index contributed by atoms with van der Waals surface area (Å²) in [5.74, 6) is 1.51. The molecule has 0 atom stereocenters. The molecule has 0 aliphatic carbocycles. The number of benzene rings is 10. The molecule has 4 heterocycles. The average molecular weight is 1020 g/mol. The van der Waals surface area contributed by atoms with Gasteiger partial charge in [-0.15, -0.1) is 0 Å². The second-order valence-corrected chi connectivity index (χ2v) is 21.4. The number of fused-ring (bicyclic) bond motifs is 7. The van der Waals surface area contributed by atoms with Crippen LogP contribution in [0.2, 0.25) is 0 Å². The van der Waals surface area contributed by atoms with Crippen molar-refractivity contribution in [1.82, 2.24) is 19.5 Å². The molecule has 374 valence electrons. The van der Waals surface area contributed by atoms with E-state index in [-0.39, 0.29) is 12.1 Å². The Morgan fingerprint density at radius 2 is 0.875 bits per heavy atom. The minimum absolute atomic E-state index is 0.168. The van der Waals surface area contributed by atoms with Crippen LogP contribution < -0.4 is 26.2 Å². The summed E-state index contributed by atoms with van der Waals surface area (Å²) in [6, 6.07) is 83.9. The fraction of sp³-hybridized carbons (Fsp3) is 0.0571. The number of anilines is 6. The van der Waals surface area contributed by atoms with E-state index >= 15 is 0 Å². The molecular formula is C70H46BN9. The van der Waals surface area contributed by atoms with Crippen molar-refractivity contribution in [2.45, 2.75) is 26.2 Å². The molecule has 0 bridgehead atoms. The summed E-state index contributed by atoms with van der Waals surface area (Å²) in [6.45, 7) is 6.41. The lowest BCUT2D eigenvalue weighted by atomic mass is 9.33. The van der Waals surface area contributed by atoms with Gasteiger partial charge in [0.05, 0.1) is 51.6 Å². The number of para-hydroxylation sites is 2. The van der Waals surface area contributed by atoms with Crippen LogP contribution in [0, 0.1) is 34.0 Å². The van der Waals surface area contributed by atoms with E-state index in [0.29, 0.717) is 39.7 Å². The summed E-state index contributed by atoms with van der Waals surface area (Å²) in [7, 11) is 0. The van der Waals surface area contributed by atoms with Crippen LogP contribution in [-0.2, 0) is 5.41 Å². The third-order valence-electron chi connectivity index (χ3n) is 15.6. The third kappa shape index (κ3) is 7.79. The van der Waals surface area contributed by atoms with Crippen LogP contribution in [0.5, 0.6) is 0 Å². The zero-order valence-corrected chi connectivity index (χ0v) is 44.0. The second kappa shape index (κ2) is 18.7. The molecule has 2 aromatic heterocycles. The third-order valence-corrected chi connectivity index (χ3v) is 15.6. The van der Waals surface area contributed by atoms with Gasteiger partial charge in [-0.25, -0.2) is 15.0 Å². The van der Waals surface area contributed by atoms with Gasteiger partial charge in [0.25, 0.3) is 6.71 Å². The number of aromatic nitrogens is 4.